The Morgan fingerprint density at radius 3 is 2.66 bits per heavy atom. The van der Waals surface area contributed by atoms with E-state index >= 15 is 0 Å². The number of likely N-dealkylation sites (tertiary alicyclic amines) is 1. The second-order valence-electron chi connectivity index (χ2n) is 11.4. The molecule has 3 fully saturated rings. The van der Waals surface area contributed by atoms with Gasteiger partial charge in [-0.1, -0.05) is 19.4 Å². The van der Waals surface area contributed by atoms with Gasteiger partial charge < -0.3 is 10.2 Å². The van der Waals surface area contributed by atoms with Crippen LogP contribution in [0.2, 0.25) is 0 Å². The number of anilines is 1. The first-order chi connectivity index (χ1) is 15.2. The normalized spacial score (nSPS) is 38.8. The molecule has 6 atom stereocenters. The number of hydrogen-bond acceptors (Lipinski definition) is 3. The summed E-state index contributed by atoms with van der Waals surface area (Å²) >= 11 is 0. The van der Waals surface area contributed by atoms with Gasteiger partial charge in [-0.05, 0) is 86.7 Å². The Bertz CT molecular complexity index is 957. The highest BCUT2D eigenvalue weighted by atomic mass is 16.2. The van der Waals surface area contributed by atoms with E-state index in [4.69, 9.17) is 0 Å². The monoisotopic (exact) mass is 435 g/mol. The number of carbonyl (C=O) groups is 2. The Morgan fingerprint density at radius 1 is 1.16 bits per heavy atom. The molecule has 5 heteroatoms. The van der Waals surface area contributed by atoms with Gasteiger partial charge in [0.15, 0.2) is 0 Å². The maximum Gasteiger partial charge on any atom is 0.226 e. The number of nitrogens with one attached hydrogen (secondary N) is 1. The summed E-state index contributed by atoms with van der Waals surface area (Å²) in [7, 11) is 1.98. The number of allylic oxidation sites excluding steroid dienone is 2. The van der Waals surface area contributed by atoms with E-state index in [1.807, 2.05) is 24.1 Å². The SMILES string of the molecule is CC1=C2N(C)C(=O)CC[C@]2(C)C2CC[C@]3(C)[C@@H](CC(=O)Nc4ccncc4)CC[C@H]3C2C1. The number of nitrogens with zero attached hydrogens (tertiary/aromatic N) is 2. The van der Waals surface area contributed by atoms with E-state index in [1.54, 1.807) is 12.4 Å². The van der Waals surface area contributed by atoms with Crippen LogP contribution in [0.15, 0.2) is 35.8 Å². The first kappa shape index (κ1) is 21.7. The maximum atomic E-state index is 12.8. The van der Waals surface area contributed by atoms with Crippen LogP contribution in [0.3, 0.4) is 0 Å². The fourth-order valence-electron chi connectivity index (χ4n) is 8.42. The molecule has 2 saturated carbocycles. The van der Waals surface area contributed by atoms with Crippen molar-refractivity contribution in [2.75, 3.05) is 12.4 Å². The van der Waals surface area contributed by atoms with Crippen LogP contribution in [0.5, 0.6) is 0 Å². The van der Waals surface area contributed by atoms with Crippen LogP contribution in [-0.4, -0.2) is 28.7 Å². The van der Waals surface area contributed by atoms with Crippen molar-refractivity contribution in [1.29, 1.82) is 0 Å². The van der Waals surface area contributed by atoms with Crippen LogP contribution in [0.4, 0.5) is 5.69 Å². The molecule has 0 radical (unpaired) electrons. The Balaban J connectivity index is 1.36. The van der Waals surface area contributed by atoms with Gasteiger partial charge in [0.25, 0.3) is 0 Å². The Labute approximate surface area is 192 Å². The second kappa shape index (κ2) is 7.71. The Hall–Kier alpha value is -2.17. The summed E-state index contributed by atoms with van der Waals surface area (Å²) in [5.74, 6) is 2.86. The second-order valence-corrected chi connectivity index (χ2v) is 11.4. The number of aromatic nitrogens is 1. The molecule has 2 unspecified atom stereocenters. The van der Waals surface area contributed by atoms with Gasteiger partial charge in [0.2, 0.25) is 11.8 Å². The third kappa shape index (κ3) is 3.22. The van der Waals surface area contributed by atoms with E-state index in [9.17, 15) is 9.59 Å². The summed E-state index contributed by atoms with van der Waals surface area (Å²) in [5, 5.41) is 3.07. The molecule has 1 saturated heterocycles. The molecular formula is C27H37N3O2. The van der Waals surface area contributed by atoms with Crippen molar-refractivity contribution in [3.8, 4) is 0 Å². The predicted molar refractivity (Wildman–Crippen MR) is 125 cm³/mol. The highest BCUT2D eigenvalue weighted by molar-refractivity contribution is 5.90. The molecule has 1 N–H and O–H groups in total. The average Bonchev–Trinajstić information content (AvgIpc) is 3.08. The zero-order valence-corrected chi connectivity index (χ0v) is 20.0. The highest BCUT2D eigenvalue weighted by Gasteiger charge is 2.60. The zero-order chi connectivity index (χ0) is 22.7. The summed E-state index contributed by atoms with van der Waals surface area (Å²) in [6.07, 6.45) is 11.6. The molecule has 2 heterocycles. The fraction of sp³-hybridized carbons (Fsp3) is 0.667. The Kier molecular flexibility index (Phi) is 5.22. The lowest BCUT2D eigenvalue weighted by Crippen LogP contribution is -2.54. The van der Waals surface area contributed by atoms with Crippen LogP contribution < -0.4 is 5.32 Å². The van der Waals surface area contributed by atoms with Gasteiger partial charge in [-0.15, -0.1) is 0 Å². The van der Waals surface area contributed by atoms with Crippen LogP contribution in [0, 0.1) is 34.5 Å². The van der Waals surface area contributed by atoms with E-state index in [-0.39, 0.29) is 22.6 Å². The number of hydrogen-bond donors (Lipinski definition) is 1. The summed E-state index contributed by atoms with van der Waals surface area (Å²) in [4.78, 5) is 31.3. The van der Waals surface area contributed by atoms with Crippen molar-refractivity contribution in [1.82, 2.24) is 9.88 Å². The molecule has 32 heavy (non-hydrogen) atoms. The first-order valence-electron chi connectivity index (χ1n) is 12.4. The minimum absolute atomic E-state index is 0.119. The van der Waals surface area contributed by atoms with Gasteiger partial charge in [0.05, 0.1) is 0 Å². The highest BCUT2D eigenvalue weighted by Crippen LogP contribution is 2.67. The third-order valence-corrected chi connectivity index (χ3v) is 9.90. The summed E-state index contributed by atoms with van der Waals surface area (Å²) in [5.41, 5.74) is 3.94. The molecule has 0 aromatic carbocycles. The van der Waals surface area contributed by atoms with Crippen molar-refractivity contribution in [3.05, 3.63) is 35.8 Å². The molecule has 1 aromatic rings. The molecule has 3 aliphatic carbocycles. The topological polar surface area (TPSA) is 62.3 Å². The smallest absolute Gasteiger partial charge is 0.226 e. The number of amides is 2. The fourth-order valence-corrected chi connectivity index (χ4v) is 8.42. The van der Waals surface area contributed by atoms with Crippen molar-refractivity contribution in [2.45, 2.75) is 72.1 Å². The molecule has 172 valence electrons. The summed E-state index contributed by atoms with van der Waals surface area (Å²) < 4.78 is 0. The van der Waals surface area contributed by atoms with Gasteiger partial charge in [0, 0.05) is 49.1 Å². The molecule has 2 amide bonds. The van der Waals surface area contributed by atoms with Crippen molar-refractivity contribution in [3.63, 3.8) is 0 Å². The van der Waals surface area contributed by atoms with Gasteiger partial charge >= 0.3 is 0 Å². The zero-order valence-electron chi connectivity index (χ0n) is 20.0. The molecule has 0 bridgehead atoms. The molecule has 1 aliphatic heterocycles. The van der Waals surface area contributed by atoms with Gasteiger partial charge in [-0.3, -0.25) is 14.6 Å². The number of rotatable bonds is 3. The molecule has 5 rings (SSSR count). The number of pyridine rings is 1. The predicted octanol–water partition coefficient (Wildman–Crippen LogP) is 5.41. The van der Waals surface area contributed by atoms with Crippen LogP contribution in [0.25, 0.3) is 0 Å². The van der Waals surface area contributed by atoms with Crippen LogP contribution in [-0.2, 0) is 9.59 Å². The lowest BCUT2D eigenvalue weighted by atomic mass is 9.48. The van der Waals surface area contributed by atoms with E-state index in [0.29, 0.717) is 36.5 Å². The quantitative estimate of drug-likeness (QED) is 0.691. The minimum Gasteiger partial charge on any atom is -0.326 e. The molecule has 1 aromatic heterocycles. The van der Waals surface area contributed by atoms with E-state index in [1.165, 1.54) is 30.5 Å². The number of carbonyl (C=O) groups excluding carboxylic acids is 2. The van der Waals surface area contributed by atoms with Gasteiger partial charge in [-0.2, -0.15) is 0 Å². The average molecular weight is 436 g/mol. The number of fused-ring (bicyclic) bond motifs is 5. The minimum atomic E-state index is 0.119. The van der Waals surface area contributed by atoms with Gasteiger partial charge in [0.1, 0.15) is 0 Å². The standard InChI is InChI=1S/C27H37N3O2/c1-17-15-20-21-6-5-18(16-23(31)29-19-9-13-28-14-10-19)26(21,2)11-7-22(20)27(3)12-8-24(32)30(4)25(17)27/h9-10,13-14,18,20-22H,5-8,11-12,15-16H2,1-4H3,(H,28,29,31)/t18-,20?,21+,22?,26-,27-/m1/s1. The third-order valence-electron chi connectivity index (χ3n) is 9.90. The van der Waals surface area contributed by atoms with Crippen LogP contribution in [0.1, 0.15) is 72.1 Å². The largest absolute Gasteiger partial charge is 0.326 e. The molecule has 4 aliphatic rings. The van der Waals surface area contributed by atoms with E-state index in [2.05, 4.69) is 31.1 Å². The lowest BCUT2D eigenvalue weighted by Gasteiger charge is -2.59. The Morgan fingerprint density at radius 2 is 1.91 bits per heavy atom. The summed E-state index contributed by atoms with van der Waals surface area (Å²) in [6, 6.07) is 3.70. The van der Waals surface area contributed by atoms with Gasteiger partial charge in [-0.25, -0.2) is 0 Å². The molecular weight excluding hydrogens is 398 g/mol. The first-order valence-corrected chi connectivity index (χ1v) is 12.4. The van der Waals surface area contributed by atoms with E-state index in [0.717, 1.165) is 24.9 Å². The van der Waals surface area contributed by atoms with Crippen molar-refractivity contribution < 1.29 is 9.59 Å². The lowest BCUT2D eigenvalue weighted by molar-refractivity contribution is -0.136. The molecule has 0 spiro atoms. The number of piperidine rings is 1. The molecule has 5 nitrogen and oxygen atoms in total. The van der Waals surface area contributed by atoms with Crippen LogP contribution >= 0.6 is 0 Å². The van der Waals surface area contributed by atoms with E-state index < -0.39 is 0 Å². The van der Waals surface area contributed by atoms with Crippen molar-refractivity contribution >= 4 is 17.5 Å². The maximum absolute atomic E-state index is 12.8. The summed E-state index contributed by atoms with van der Waals surface area (Å²) in [6.45, 7) is 7.17. The van der Waals surface area contributed by atoms with Crippen molar-refractivity contribution in [2.24, 2.45) is 34.5 Å².